The fourth-order valence-corrected chi connectivity index (χ4v) is 6.85. The van der Waals surface area contributed by atoms with E-state index in [1.165, 1.54) is 36.4 Å². The second-order valence-corrected chi connectivity index (χ2v) is 12.2. The molecule has 6 nitrogen and oxygen atoms in total. The minimum Gasteiger partial charge on any atom is -0.218 e. The Kier molecular flexibility index (Phi) is 7.00. The average Bonchev–Trinajstić information content (AvgIpc) is 2.95. The van der Waals surface area contributed by atoms with Crippen LogP contribution in [0, 0.1) is 0 Å². The van der Waals surface area contributed by atoms with Gasteiger partial charge in [0.1, 0.15) is 11.4 Å². The van der Waals surface area contributed by atoms with Gasteiger partial charge in [-0.15, -0.1) is 10.2 Å². The Balaban J connectivity index is 1.81. The van der Waals surface area contributed by atoms with Crippen LogP contribution in [0.4, 0.5) is 0 Å². The molecule has 0 saturated heterocycles. The molecule has 0 unspecified atom stereocenters. The minimum atomic E-state index is -4.09. The fourth-order valence-electron chi connectivity index (χ4n) is 3.99. The first-order valence-electron chi connectivity index (χ1n) is 11.7. The summed E-state index contributed by atoms with van der Waals surface area (Å²) in [5.74, 6) is 0. The van der Waals surface area contributed by atoms with Crippen LogP contribution in [-0.4, -0.2) is 16.8 Å². The topological polar surface area (TPSA) is 93.0 Å². The third-order valence-corrected chi connectivity index (χ3v) is 9.49. The molecule has 0 atom stereocenters. The van der Waals surface area contributed by atoms with E-state index in [9.17, 15) is 16.8 Å². The van der Waals surface area contributed by atoms with Crippen molar-refractivity contribution in [2.75, 3.05) is 0 Å². The Bertz CT molecular complexity index is 1660. The molecule has 5 rings (SSSR count). The summed E-state index contributed by atoms with van der Waals surface area (Å²) in [4.78, 5) is -0.204. The minimum absolute atomic E-state index is 0.0589. The second-order valence-electron chi connectivity index (χ2n) is 8.32. The highest BCUT2D eigenvalue weighted by Crippen LogP contribution is 2.36. The van der Waals surface area contributed by atoms with Crippen molar-refractivity contribution < 1.29 is 16.8 Å². The van der Waals surface area contributed by atoms with Gasteiger partial charge in [0.05, 0.1) is 19.6 Å². The lowest BCUT2D eigenvalue weighted by atomic mass is 10.1. The number of rotatable bonds is 6. The lowest BCUT2D eigenvalue weighted by molar-refractivity contribution is 0.600. The van der Waals surface area contributed by atoms with Gasteiger partial charge in [-0.05, 0) is 36.4 Å². The monoisotopic (exact) mass is 538 g/mol. The molecule has 188 valence electrons. The first kappa shape index (κ1) is 25.3. The zero-order chi connectivity index (χ0) is 26.6. The van der Waals surface area contributed by atoms with Crippen molar-refractivity contribution in [2.24, 2.45) is 10.2 Å². The number of sulfone groups is 2. The highest BCUT2D eigenvalue weighted by Gasteiger charge is 2.29. The highest BCUT2D eigenvalue weighted by atomic mass is 32.2. The van der Waals surface area contributed by atoms with Crippen molar-refractivity contribution in [2.45, 2.75) is 9.79 Å². The second kappa shape index (κ2) is 10.5. The lowest BCUT2D eigenvalue weighted by Gasteiger charge is -2.15. The summed E-state index contributed by atoms with van der Waals surface area (Å²) in [6, 6.07) is 33.5. The Morgan fingerprint density at radius 1 is 0.395 bits per heavy atom. The van der Waals surface area contributed by atoms with E-state index in [4.69, 9.17) is 0 Å². The van der Waals surface area contributed by atoms with Crippen LogP contribution in [0.25, 0.3) is 11.4 Å². The van der Waals surface area contributed by atoms with Crippen LogP contribution in [0.5, 0.6) is 0 Å². The molecule has 1 aliphatic rings. The van der Waals surface area contributed by atoms with Gasteiger partial charge < -0.3 is 0 Å². The maximum absolute atomic E-state index is 13.8. The third-order valence-electron chi connectivity index (χ3n) is 5.88. The van der Waals surface area contributed by atoms with E-state index >= 15 is 0 Å². The predicted molar refractivity (Wildman–Crippen MR) is 148 cm³/mol. The summed E-state index contributed by atoms with van der Waals surface area (Å²) in [6.07, 6.45) is 2.61. The number of allylic oxidation sites excluding steroid dienone is 2. The molecule has 0 fully saturated rings. The van der Waals surface area contributed by atoms with Gasteiger partial charge >= 0.3 is 0 Å². The van der Waals surface area contributed by atoms with Crippen LogP contribution in [0.3, 0.4) is 0 Å². The molecule has 0 bridgehead atoms. The number of hydrogen-bond acceptors (Lipinski definition) is 6. The zero-order valence-corrected chi connectivity index (χ0v) is 21.7. The first-order chi connectivity index (χ1) is 18.4. The smallest absolute Gasteiger partial charge is 0.208 e. The van der Waals surface area contributed by atoms with Crippen LogP contribution >= 0.6 is 0 Å². The van der Waals surface area contributed by atoms with Crippen LogP contribution in [0.2, 0.25) is 0 Å². The van der Waals surface area contributed by atoms with Gasteiger partial charge in [0.15, 0.2) is 0 Å². The zero-order valence-electron chi connectivity index (χ0n) is 20.0. The van der Waals surface area contributed by atoms with Gasteiger partial charge in [-0.3, -0.25) is 0 Å². The van der Waals surface area contributed by atoms with E-state index in [-0.39, 0.29) is 31.0 Å². The third kappa shape index (κ3) is 4.91. The van der Waals surface area contributed by atoms with Crippen molar-refractivity contribution >= 4 is 31.1 Å². The van der Waals surface area contributed by atoms with E-state index < -0.39 is 19.7 Å². The first-order valence-corrected chi connectivity index (χ1v) is 14.7. The number of azo groups is 1. The van der Waals surface area contributed by atoms with Crippen molar-refractivity contribution in [3.63, 3.8) is 0 Å². The van der Waals surface area contributed by atoms with Gasteiger partial charge in [0, 0.05) is 11.1 Å². The van der Waals surface area contributed by atoms with Gasteiger partial charge in [0.25, 0.3) is 0 Å². The Morgan fingerprint density at radius 2 is 0.684 bits per heavy atom. The summed E-state index contributed by atoms with van der Waals surface area (Å²) in [5, 5.41) is 8.79. The summed E-state index contributed by atoms with van der Waals surface area (Å²) in [5.41, 5.74) is 1.26. The molecule has 0 aromatic heterocycles. The highest BCUT2D eigenvalue weighted by molar-refractivity contribution is 7.96. The fraction of sp³-hybridized carbons (Fsp3) is 0. The molecule has 0 spiro atoms. The standard InChI is InChI=1S/C30H22N2O4S2/c33-37(34,25-17-9-3-10-18-25)27-21-22-28(38(35,36)26-19-11-4-12-20-26)30(24-15-7-2-8-16-24)32-31-29(27)23-13-5-1-6-14-23/h1-22H/b22-21-,27-21?,28-22?,29-27+,30-28+,31-29?,32-30?,32-31-. The van der Waals surface area contributed by atoms with Crippen LogP contribution in [0.1, 0.15) is 11.1 Å². The number of hydrogen-bond donors (Lipinski definition) is 0. The number of nitrogens with zero attached hydrogens (tertiary/aromatic N) is 2. The van der Waals surface area contributed by atoms with Gasteiger partial charge in [0.2, 0.25) is 19.7 Å². The normalized spacial score (nSPS) is 19.8. The molecule has 0 radical (unpaired) electrons. The summed E-state index contributed by atoms with van der Waals surface area (Å²) >= 11 is 0. The Morgan fingerprint density at radius 3 is 1.00 bits per heavy atom. The maximum Gasteiger partial charge on any atom is 0.208 e. The van der Waals surface area contributed by atoms with Crippen molar-refractivity contribution in [1.29, 1.82) is 0 Å². The van der Waals surface area contributed by atoms with Crippen LogP contribution in [-0.2, 0) is 19.7 Å². The summed E-state index contributed by atoms with van der Waals surface area (Å²) in [7, 11) is -8.19. The largest absolute Gasteiger partial charge is 0.218 e. The van der Waals surface area contributed by atoms with Gasteiger partial charge in [-0.25, -0.2) is 16.8 Å². The lowest BCUT2D eigenvalue weighted by Crippen LogP contribution is -2.09. The molecule has 1 aliphatic heterocycles. The molecular formula is C30H22N2O4S2. The maximum atomic E-state index is 13.8. The number of benzene rings is 4. The van der Waals surface area contributed by atoms with E-state index in [2.05, 4.69) is 10.2 Å². The van der Waals surface area contributed by atoms with Crippen molar-refractivity contribution in [3.05, 3.63) is 154 Å². The van der Waals surface area contributed by atoms with E-state index in [0.29, 0.717) is 11.1 Å². The van der Waals surface area contributed by atoms with Crippen molar-refractivity contribution in [1.82, 2.24) is 0 Å². The van der Waals surface area contributed by atoms with E-state index in [1.807, 2.05) is 12.1 Å². The average molecular weight is 539 g/mol. The Labute approximate surface area is 221 Å². The molecule has 1 heterocycles. The molecule has 0 saturated carbocycles. The van der Waals surface area contributed by atoms with Gasteiger partial charge in [-0.1, -0.05) is 97.1 Å². The van der Waals surface area contributed by atoms with Crippen LogP contribution in [0.15, 0.2) is 163 Å². The van der Waals surface area contributed by atoms with E-state index in [0.717, 1.165) is 0 Å². The molecule has 4 aromatic rings. The van der Waals surface area contributed by atoms with Crippen LogP contribution < -0.4 is 0 Å². The molecule has 0 N–H and O–H groups in total. The molecule has 4 aromatic carbocycles. The predicted octanol–water partition coefficient (Wildman–Crippen LogP) is 6.69. The molecule has 8 heteroatoms. The molecule has 0 aliphatic carbocycles. The van der Waals surface area contributed by atoms with Crippen molar-refractivity contribution in [3.8, 4) is 0 Å². The van der Waals surface area contributed by atoms with Gasteiger partial charge in [-0.2, -0.15) is 0 Å². The summed E-state index contributed by atoms with van der Waals surface area (Å²) in [6.45, 7) is 0. The molecule has 0 amide bonds. The summed E-state index contributed by atoms with van der Waals surface area (Å²) < 4.78 is 55.4. The van der Waals surface area contributed by atoms with E-state index in [1.54, 1.807) is 84.9 Å². The Hall–Kier alpha value is -4.40. The SMILES string of the molecule is O=S(=O)(C1=C(c2ccccc2)/N=N\C(c2ccccc2)=C(S(=O)(=O)c2ccccc2)/C=C\1)c1ccccc1. The molecule has 38 heavy (non-hydrogen) atoms. The molecular weight excluding hydrogens is 516 g/mol. The quantitative estimate of drug-likeness (QED) is 0.273.